The molecule has 0 N–H and O–H groups in total. The van der Waals surface area contributed by atoms with Crippen molar-refractivity contribution in [3.8, 4) is 11.5 Å². The summed E-state index contributed by atoms with van der Waals surface area (Å²) < 4.78 is 12.1. The Bertz CT molecular complexity index is 1070. The zero-order valence-corrected chi connectivity index (χ0v) is 16.3. The summed E-state index contributed by atoms with van der Waals surface area (Å²) in [7, 11) is 0. The van der Waals surface area contributed by atoms with Crippen LogP contribution in [0, 0.1) is 6.92 Å². The number of benzene rings is 2. The second-order valence-corrected chi connectivity index (χ2v) is 8.10. The number of carbonyl (C=O) groups excluding carboxylic acids is 1. The summed E-state index contributed by atoms with van der Waals surface area (Å²) in [5.74, 6) is 1.77. The topological polar surface area (TPSA) is 38.8 Å². The van der Waals surface area contributed by atoms with E-state index in [1.807, 2.05) is 43.3 Å². The maximum atomic E-state index is 13.0. The highest BCUT2D eigenvalue weighted by Gasteiger charge is 2.35. The van der Waals surface area contributed by atoms with Crippen molar-refractivity contribution in [3.63, 3.8) is 0 Å². The van der Waals surface area contributed by atoms with Gasteiger partial charge < -0.3 is 9.47 Å². The van der Waals surface area contributed by atoms with Crippen LogP contribution in [-0.2, 0) is 13.1 Å². The maximum absolute atomic E-state index is 13.0. The van der Waals surface area contributed by atoms with E-state index in [-0.39, 0.29) is 5.78 Å². The number of allylic oxidation sites excluding steroid dienone is 1. The first-order chi connectivity index (χ1) is 13.7. The molecule has 0 unspecified atom stereocenters. The monoisotopic (exact) mass is 389 g/mol. The van der Waals surface area contributed by atoms with Crippen LogP contribution in [0.25, 0.3) is 6.08 Å². The first kappa shape index (κ1) is 17.2. The van der Waals surface area contributed by atoms with Gasteiger partial charge in [-0.25, -0.2) is 0 Å². The summed E-state index contributed by atoms with van der Waals surface area (Å²) in [6, 6.07) is 15.9. The van der Waals surface area contributed by atoms with Gasteiger partial charge in [0.2, 0.25) is 5.78 Å². The standard InChI is InChI=1S/C23H19NO3S/c1-15-10-19-18(13-24(14-26-19)12-17-8-5-9-28-17)23-21(15)22(25)20(27-23)11-16-6-3-2-4-7-16/h2-11H,12-14H2,1H3/b20-11-. The number of hydrogen-bond donors (Lipinski definition) is 0. The van der Waals surface area contributed by atoms with Crippen molar-refractivity contribution >= 4 is 23.2 Å². The largest absolute Gasteiger partial charge is 0.478 e. The summed E-state index contributed by atoms with van der Waals surface area (Å²) in [5.41, 5.74) is 3.44. The fraction of sp³-hybridized carbons (Fsp3) is 0.174. The molecule has 0 aliphatic carbocycles. The number of thiophene rings is 1. The van der Waals surface area contributed by atoms with Crippen molar-refractivity contribution in [2.45, 2.75) is 20.0 Å². The number of carbonyl (C=O) groups is 1. The molecule has 2 aliphatic rings. The fourth-order valence-electron chi connectivity index (χ4n) is 3.70. The van der Waals surface area contributed by atoms with Crippen LogP contribution in [0.5, 0.6) is 11.5 Å². The number of aryl methyl sites for hydroxylation is 1. The van der Waals surface area contributed by atoms with Crippen molar-refractivity contribution in [3.05, 3.63) is 86.8 Å². The molecule has 28 heavy (non-hydrogen) atoms. The third-order valence-corrected chi connectivity index (χ3v) is 5.91. The van der Waals surface area contributed by atoms with Crippen LogP contribution in [0.3, 0.4) is 0 Å². The van der Waals surface area contributed by atoms with Gasteiger partial charge in [-0.15, -0.1) is 11.3 Å². The first-order valence-electron chi connectivity index (χ1n) is 9.22. The molecule has 0 radical (unpaired) electrons. The van der Waals surface area contributed by atoms with Gasteiger partial charge in [0.05, 0.1) is 11.1 Å². The molecule has 2 aromatic carbocycles. The van der Waals surface area contributed by atoms with Crippen molar-refractivity contribution < 1.29 is 14.3 Å². The number of hydrogen-bond acceptors (Lipinski definition) is 5. The average molecular weight is 389 g/mol. The Morgan fingerprint density at radius 1 is 1.18 bits per heavy atom. The number of Topliss-reactive ketones (excluding diaryl/α,β-unsaturated/α-hetero) is 1. The van der Waals surface area contributed by atoms with Crippen LogP contribution in [-0.4, -0.2) is 17.4 Å². The zero-order valence-electron chi connectivity index (χ0n) is 15.5. The molecule has 4 nitrogen and oxygen atoms in total. The summed E-state index contributed by atoms with van der Waals surface area (Å²) in [5, 5.41) is 2.08. The molecule has 2 aliphatic heterocycles. The maximum Gasteiger partial charge on any atom is 0.232 e. The second kappa shape index (κ2) is 6.93. The van der Waals surface area contributed by atoms with E-state index >= 15 is 0 Å². The number of fused-ring (bicyclic) bond motifs is 3. The predicted octanol–water partition coefficient (Wildman–Crippen LogP) is 5.02. The van der Waals surface area contributed by atoms with Crippen LogP contribution in [0.4, 0.5) is 0 Å². The highest BCUT2D eigenvalue weighted by molar-refractivity contribution is 7.09. The molecule has 0 bridgehead atoms. The summed E-state index contributed by atoms with van der Waals surface area (Å²) in [6.45, 7) is 3.99. The smallest absolute Gasteiger partial charge is 0.232 e. The van der Waals surface area contributed by atoms with Gasteiger partial charge in [-0.3, -0.25) is 9.69 Å². The lowest BCUT2D eigenvalue weighted by Gasteiger charge is -2.29. The predicted molar refractivity (Wildman–Crippen MR) is 110 cm³/mol. The van der Waals surface area contributed by atoms with Gasteiger partial charge in [0.1, 0.15) is 18.2 Å². The van der Waals surface area contributed by atoms with Crippen LogP contribution in [0.1, 0.15) is 31.9 Å². The first-order valence-corrected chi connectivity index (χ1v) is 10.1. The molecule has 5 heteroatoms. The zero-order chi connectivity index (χ0) is 19.1. The van der Waals surface area contributed by atoms with Crippen LogP contribution >= 0.6 is 11.3 Å². The van der Waals surface area contributed by atoms with Crippen LogP contribution in [0.15, 0.2) is 59.7 Å². The highest BCUT2D eigenvalue weighted by Crippen LogP contribution is 2.44. The molecule has 1 aromatic heterocycles. The van der Waals surface area contributed by atoms with E-state index in [0.717, 1.165) is 29.0 Å². The highest BCUT2D eigenvalue weighted by atomic mass is 32.1. The summed E-state index contributed by atoms with van der Waals surface area (Å²) in [4.78, 5) is 16.5. The van der Waals surface area contributed by atoms with Gasteiger partial charge in [0.25, 0.3) is 0 Å². The van der Waals surface area contributed by atoms with E-state index < -0.39 is 0 Å². The quantitative estimate of drug-likeness (QED) is 0.589. The Labute approximate surface area is 167 Å². The number of ether oxygens (including phenoxy) is 2. The SMILES string of the molecule is Cc1cc2c(c3c1C(=O)/C(=C/c1ccccc1)O3)CN(Cc1cccs1)CO2. The normalized spacial score (nSPS) is 17.2. The van der Waals surface area contributed by atoms with Gasteiger partial charge in [0, 0.05) is 18.0 Å². The molecule has 0 saturated heterocycles. The average Bonchev–Trinajstić information content (AvgIpc) is 3.32. The minimum absolute atomic E-state index is 0.0606. The fourth-order valence-corrected chi connectivity index (χ4v) is 4.45. The molecule has 140 valence electrons. The molecular formula is C23H19NO3S. The van der Waals surface area contributed by atoms with Crippen molar-refractivity contribution in [1.29, 1.82) is 0 Å². The number of rotatable bonds is 3. The molecule has 3 aromatic rings. The van der Waals surface area contributed by atoms with E-state index in [0.29, 0.717) is 30.3 Å². The van der Waals surface area contributed by atoms with E-state index in [4.69, 9.17) is 9.47 Å². The van der Waals surface area contributed by atoms with E-state index in [1.165, 1.54) is 4.88 Å². The Balaban J connectivity index is 1.49. The van der Waals surface area contributed by atoms with Crippen molar-refractivity contribution in [2.24, 2.45) is 0 Å². The molecule has 0 spiro atoms. The Morgan fingerprint density at radius 3 is 2.82 bits per heavy atom. The Hall–Kier alpha value is -2.89. The molecule has 3 heterocycles. The third kappa shape index (κ3) is 3.03. The van der Waals surface area contributed by atoms with Crippen LogP contribution < -0.4 is 9.47 Å². The van der Waals surface area contributed by atoms with Gasteiger partial charge in [-0.2, -0.15) is 0 Å². The second-order valence-electron chi connectivity index (χ2n) is 7.06. The summed E-state index contributed by atoms with van der Waals surface area (Å²) >= 11 is 1.74. The van der Waals surface area contributed by atoms with E-state index in [1.54, 1.807) is 17.4 Å². The molecule has 0 fully saturated rings. The number of nitrogens with zero attached hydrogens (tertiary/aromatic N) is 1. The molecule has 0 amide bonds. The minimum atomic E-state index is -0.0606. The minimum Gasteiger partial charge on any atom is -0.478 e. The Morgan fingerprint density at radius 2 is 2.04 bits per heavy atom. The van der Waals surface area contributed by atoms with Crippen LogP contribution in [0.2, 0.25) is 0 Å². The van der Waals surface area contributed by atoms with Gasteiger partial charge in [-0.1, -0.05) is 36.4 Å². The van der Waals surface area contributed by atoms with E-state index in [2.05, 4.69) is 22.4 Å². The lowest BCUT2D eigenvalue weighted by atomic mass is 9.98. The molecular weight excluding hydrogens is 370 g/mol. The van der Waals surface area contributed by atoms with Gasteiger partial charge in [0.15, 0.2) is 5.76 Å². The van der Waals surface area contributed by atoms with Gasteiger partial charge in [-0.05, 0) is 41.6 Å². The lowest BCUT2D eigenvalue weighted by molar-refractivity contribution is 0.0881. The summed E-state index contributed by atoms with van der Waals surface area (Å²) in [6.07, 6.45) is 1.81. The molecule has 5 rings (SSSR count). The molecule has 0 saturated carbocycles. The third-order valence-electron chi connectivity index (χ3n) is 5.04. The lowest BCUT2D eigenvalue weighted by Crippen LogP contribution is -2.31. The van der Waals surface area contributed by atoms with Crippen molar-refractivity contribution in [2.75, 3.05) is 6.73 Å². The number of ketones is 1. The van der Waals surface area contributed by atoms with E-state index in [9.17, 15) is 4.79 Å². The Kier molecular flexibility index (Phi) is 4.26. The van der Waals surface area contributed by atoms with Crippen molar-refractivity contribution in [1.82, 2.24) is 4.90 Å². The van der Waals surface area contributed by atoms with Gasteiger partial charge >= 0.3 is 0 Å². The molecule has 0 atom stereocenters.